The van der Waals surface area contributed by atoms with Crippen LogP contribution in [0, 0.1) is 5.92 Å². The summed E-state index contributed by atoms with van der Waals surface area (Å²) >= 11 is 9.82. The molecule has 0 radical (unpaired) electrons. The molecule has 1 fully saturated rings. The molecule has 3 unspecified atom stereocenters. The third kappa shape index (κ3) is 3.82. The van der Waals surface area contributed by atoms with Gasteiger partial charge in [0.2, 0.25) is 0 Å². The Morgan fingerprint density at radius 1 is 1.48 bits per heavy atom. The number of nitrogens with two attached hydrogens (primary N) is 1. The molecule has 0 saturated heterocycles. The number of likely N-dealkylation sites (N-methyl/N-ethyl adjacent to an activating group) is 1. The van der Waals surface area contributed by atoms with Gasteiger partial charge in [-0.05, 0) is 57.0 Å². The summed E-state index contributed by atoms with van der Waals surface area (Å²) in [7, 11) is 4.34. The van der Waals surface area contributed by atoms with Crippen LogP contribution in [0.2, 0.25) is 5.02 Å². The highest BCUT2D eigenvalue weighted by Gasteiger charge is 2.42. The van der Waals surface area contributed by atoms with E-state index in [1.54, 1.807) is 0 Å². The first-order valence-corrected chi connectivity index (χ1v) is 8.89. The second-order valence-electron chi connectivity index (χ2n) is 6.75. The first-order chi connectivity index (χ1) is 9.85. The van der Waals surface area contributed by atoms with Crippen LogP contribution in [0.4, 0.5) is 0 Å². The molecule has 1 aromatic carbocycles. The van der Waals surface area contributed by atoms with Crippen LogP contribution in [0.1, 0.15) is 38.2 Å². The lowest BCUT2D eigenvalue weighted by Crippen LogP contribution is -2.60. The summed E-state index contributed by atoms with van der Waals surface area (Å²) in [4.78, 5) is 2.35. The normalized spacial score (nSPS) is 27.9. The molecular weight excluding hydrogens is 348 g/mol. The Balaban J connectivity index is 2.21. The average Bonchev–Trinajstić information content (AvgIpc) is 2.41. The summed E-state index contributed by atoms with van der Waals surface area (Å²) in [5.41, 5.74) is 7.91. The van der Waals surface area contributed by atoms with Gasteiger partial charge >= 0.3 is 0 Å². The van der Waals surface area contributed by atoms with Crippen LogP contribution in [0.3, 0.4) is 0 Å². The highest BCUT2D eigenvalue weighted by Crippen LogP contribution is 2.39. The van der Waals surface area contributed by atoms with E-state index >= 15 is 0 Å². The minimum absolute atomic E-state index is 0.0913. The number of hydrogen-bond donors (Lipinski definition) is 1. The standard InChI is InChI=1S/C17H26BrClN2/c1-12-5-4-8-17(11-12,21(2)3)16(20)9-13-6-7-14(18)10-15(13)19/h6-7,10,12,16H,4-5,8-9,11,20H2,1-3H3. The molecule has 0 bridgehead atoms. The van der Waals surface area contributed by atoms with E-state index in [4.69, 9.17) is 17.3 Å². The topological polar surface area (TPSA) is 29.3 Å². The van der Waals surface area contributed by atoms with Crippen molar-refractivity contribution in [1.82, 2.24) is 4.90 Å². The first-order valence-electron chi connectivity index (χ1n) is 7.72. The van der Waals surface area contributed by atoms with Gasteiger partial charge in [-0.15, -0.1) is 0 Å². The molecule has 1 saturated carbocycles. The van der Waals surface area contributed by atoms with Crippen LogP contribution in [0.5, 0.6) is 0 Å². The molecule has 1 aromatic rings. The number of benzene rings is 1. The molecule has 1 aliphatic carbocycles. The molecule has 21 heavy (non-hydrogen) atoms. The Morgan fingerprint density at radius 3 is 2.76 bits per heavy atom. The van der Waals surface area contributed by atoms with Crippen molar-refractivity contribution >= 4 is 27.5 Å². The summed E-state index contributed by atoms with van der Waals surface area (Å²) < 4.78 is 1.01. The van der Waals surface area contributed by atoms with E-state index in [0.29, 0.717) is 0 Å². The molecule has 0 heterocycles. The van der Waals surface area contributed by atoms with Crippen molar-refractivity contribution in [2.75, 3.05) is 14.1 Å². The summed E-state index contributed by atoms with van der Waals surface area (Å²) in [5, 5.41) is 0.803. The predicted molar refractivity (Wildman–Crippen MR) is 94.9 cm³/mol. The molecule has 2 rings (SSSR count). The van der Waals surface area contributed by atoms with Crippen molar-refractivity contribution in [3.05, 3.63) is 33.3 Å². The van der Waals surface area contributed by atoms with Crippen LogP contribution in [0.25, 0.3) is 0 Å². The molecule has 0 amide bonds. The highest BCUT2D eigenvalue weighted by molar-refractivity contribution is 9.10. The number of rotatable bonds is 4. The maximum atomic E-state index is 6.67. The van der Waals surface area contributed by atoms with Crippen molar-refractivity contribution in [2.45, 2.75) is 50.6 Å². The van der Waals surface area contributed by atoms with Crippen LogP contribution < -0.4 is 5.73 Å². The van der Waals surface area contributed by atoms with Gasteiger partial charge in [-0.2, -0.15) is 0 Å². The SMILES string of the molecule is CC1CCCC(C(N)Cc2ccc(Br)cc2Cl)(N(C)C)C1. The third-order valence-electron chi connectivity index (χ3n) is 5.04. The zero-order valence-electron chi connectivity index (χ0n) is 13.2. The Kier molecular flexibility index (Phi) is 5.75. The van der Waals surface area contributed by atoms with Gasteiger partial charge in [0.25, 0.3) is 0 Å². The molecule has 0 aromatic heterocycles. The van der Waals surface area contributed by atoms with Gasteiger partial charge in [-0.1, -0.05) is 53.4 Å². The van der Waals surface area contributed by atoms with Crippen LogP contribution >= 0.6 is 27.5 Å². The summed E-state index contributed by atoms with van der Waals surface area (Å²) in [6.45, 7) is 2.34. The van der Waals surface area contributed by atoms with Gasteiger partial charge in [-0.3, -0.25) is 0 Å². The molecule has 2 N–H and O–H groups in total. The lowest BCUT2D eigenvalue weighted by atomic mass is 9.70. The monoisotopic (exact) mass is 372 g/mol. The van der Waals surface area contributed by atoms with Crippen LogP contribution in [0.15, 0.2) is 22.7 Å². The number of hydrogen-bond acceptors (Lipinski definition) is 2. The zero-order chi connectivity index (χ0) is 15.6. The maximum Gasteiger partial charge on any atom is 0.0449 e. The third-order valence-corrected chi connectivity index (χ3v) is 5.89. The van der Waals surface area contributed by atoms with E-state index in [0.717, 1.165) is 27.4 Å². The maximum absolute atomic E-state index is 6.67. The molecule has 3 atom stereocenters. The smallest absolute Gasteiger partial charge is 0.0449 e. The van der Waals surface area contributed by atoms with Gasteiger partial charge in [0.05, 0.1) is 0 Å². The van der Waals surface area contributed by atoms with Gasteiger partial charge in [0.15, 0.2) is 0 Å². The summed E-state index contributed by atoms with van der Waals surface area (Å²) in [6.07, 6.45) is 5.77. The largest absolute Gasteiger partial charge is 0.326 e. The summed E-state index contributed by atoms with van der Waals surface area (Å²) in [6, 6.07) is 6.19. The Hall–Kier alpha value is -0.0900. The molecule has 0 aliphatic heterocycles. The van der Waals surface area contributed by atoms with Crippen molar-refractivity contribution in [1.29, 1.82) is 0 Å². The molecule has 118 valence electrons. The fraction of sp³-hybridized carbons (Fsp3) is 0.647. The van der Waals surface area contributed by atoms with Gasteiger partial charge in [0.1, 0.15) is 0 Å². The molecule has 2 nitrogen and oxygen atoms in total. The Bertz CT molecular complexity index is 492. The number of nitrogens with zero attached hydrogens (tertiary/aromatic N) is 1. The van der Waals surface area contributed by atoms with E-state index in [2.05, 4.69) is 47.9 Å². The van der Waals surface area contributed by atoms with Crippen molar-refractivity contribution in [3.63, 3.8) is 0 Å². The highest BCUT2D eigenvalue weighted by atomic mass is 79.9. The number of halogens is 2. The van der Waals surface area contributed by atoms with E-state index in [-0.39, 0.29) is 11.6 Å². The zero-order valence-corrected chi connectivity index (χ0v) is 15.5. The summed E-state index contributed by atoms with van der Waals surface area (Å²) in [5.74, 6) is 0.743. The van der Waals surface area contributed by atoms with Gasteiger partial charge in [-0.25, -0.2) is 0 Å². The average molecular weight is 374 g/mol. The second-order valence-corrected chi connectivity index (χ2v) is 8.07. The van der Waals surface area contributed by atoms with E-state index in [1.807, 2.05) is 12.1 Å². The van der Waals surface area contributed by atoms with Crippen LogP contribution in [-0.2, 0) is 6.42 Å². The lowest BCUT2D eigenvalue weighted by molar-refractivity contribution is 0.0504. The van der Waals surface area contributed by atoms with E-state index in [9.17, 15) is 0 Å². The van der Waals surface area contributed by atoms with Crippen LogP contribution in [-0.4, -0.2) is 30.6 Å². The second kappa shape index (κ2) is 6.99. The molecular formula is C17H26BrClN2. The Labute approximate surface area is 142 Å². The Morgan fingerprint density at radius 2 is 2.19 bits per heavy atom. The van der Waals surface area contributed by atoms with E-state index < -0.39 is 0 Å². The van der Waals surface area contributed by atoms with Gasteiger partial charge < -0.3 is 10.6 Å². The first kappa shape index (κ1) is 17.3. The van der Waals surface area contributed by atoms with E-state index in [1.165, 1.54) is 25.7 Å². The van der Waals surface area contributed by atoms with Crippen molar-refractivity contribution < 1.29 is 0 Å². The minimum atomic E-state index is 0.0913. The molecule has 1 aliphatic rings. The van der Waals surface area contributed by atoms with Crippen molar-refractivity contribution in [3.8, 4) is 0 Å². The quantitative estimate of drug-likeness (QED) is 0.843. The fourth-order valence-corrected chi connectivity index (χ4v) is 4.50. The minimum Gasteiger partial charge on any atom is -0.326 e. The van der Waals surface area contributed by atoms with Gasteiger partial charge in [0, 0.05) is 21.1 Å². The molecule has 0 spiro atoms. The fourth-order valence-electron chi connectivity index (χ4n) is 3.75. The predicted octanol–water partition coefficient (Wildman–Crippen LogP) is 4.48. The lowest BCUT2D eigenvalue weighted by Gasteiger charge is -2.49. The molecule has 4 heteroatoms. The van der Waals surface area contributed by atoms with Crippen molar-refractivity contribution in [2.24, 2.45) is 11.7 Å².